The number of nitrogens with zero attached hydrogens (tertiary/aromatic N) is 2. The number of halogens is 3. The largest absolute Gasteiger partial charge is 0.452 e. The molecule has 0 spiro atoms. The van der Waals surface area contributed by atoms with E-state index in [0.717, 1.165) is 34.4 Å². The number of hydrogen-bond acceptors (Lipinski definition) is 6. The molecule has 12 heteroatoms. The van der Waals surface area contributed by atoms with E-state index in [2.05, 4.69) is 5.32 Å². The summed E-state index contributed by atoms with van der Waals surface area (Å²) in [6.07, 6.45) is -6.05. The molecule has 1 atom stereocenters. The van der Waals surface area contributed by atoms with Crippen LogP contribution in [0.1, 0.15) is 24.6 Å². The van der Waals surface area contributed by atoms with Gasteiger partial charge in [-0.3, -0.25) is 24.1 Å². The van der Waals surface area contributed by atoms with E-state index in [0.29, 0.717) is 5.69 Å². The normalized spacial score (nSPS) is 14.6. The standard InChI is InChI=1S/C19H18F3N3O5S/c1-10-9-31-18(29)24(10)6-5-16(27)30-11(2)17(28)25-8-15(26)23-13-7-12(19(20,21)22)3-4-14(13)25/h3-4,7,9,11H,5-6,8H2,1-2H3,(H,23,26). The van der Waals surface area contributed by atoms with Crippen molar-refractivity contribution < 1.29 is 32.3 Å². The molecule has 1 unspecified atom stereocenters. The average molecular weight is 457 g/mol. The Bertz CT molecular complexity index is 1090. The van der Waals surface area contributed by atoms with Gasteiger partial charge < -0.3 is 14.6 Å². The number of aromatic nitrogens is 1. The summed E-state index contributed by atoms with van der Waals surface area (Å²) < 4.78 is 45.3. The number of anilines is 2. The van der Waals surface area contributed by atoms with Crippen molar-refractivity contribution >= 4 is 40.5 Å². The number of thiazole rings is 1. The Morgan fingerprint density at radius 3 is 2.61 bits per heavy atom. The Hall–Kier alpha value is -3.15. The van der Waals surface area contributed by atoms with Gasteiger partial charge in [0, 0.05) is 17.6 Å². The lowest BCUT2D eigenvalue weighted by Gasteiger charge is -2.31. The second-order valence-electron chi connectivity index (χ2n) is 6.88. The number of esters is 1. The fourth-order valence-electron chi connectivity index (χ4n) is 3.07. The number of nitrogens with one attached hydrogen (secondary N) is 1. The van der Waals surface area contributed by atoms with E-state index in [1.165, 1.54) is 11.5 Å². The van der Waals surface area contributed by atoms with Gasteiger partial charge in [-0.15, -0.1) is 0 Å². The van der Waals surface area contributed by atoms with Crippen LogP contribution in [0, 0.1) is 6.92 Å². The molecule has 8 nitrogen and oxygen atoms in total. The Morgan fingerprint density at radius 1 is 1.29 bits per heavy atom. The first-order valence-electron chi connectivity index (χ1n) is 9.14. The lowest BCUT2D eigenvalue weighted by molar-refractivity contribution is -0.154. The van der Waals surface area contributed by atoms with E-state index >= 15 is 0 Å². The third-order valence-corrected chi connectivity index (χ3v) is 5.51. The molecule has 31 heavy (non-hydrogen) atoms. The zero-order chi connectivity index (χ0) is 22.9. The van der Waals surface area contributed by atoms with E-state index in [9.17, 15) is 32.3 Å². The predicted molar refractivity (Wildman–Crippen MR) is 106 cm³/mol. The molecule has 2 heterocycles. The highest BCUT2D eigenvalue weighted by Crippen LogP contribution is 2.37. The minimum atomic E-state index is -4.61. The Kier molecular flexibility index (Phi) is 6.20. The second-order valence-corrected chi connectivity index (χ2v) is 7.70. The van der Waals surface area contributed by atoms with Gasteiger partial charge in [0.15, 0.2) is 6.10 Å². The van der Waals surface area contributed by atoms with Gasteiger partial charge in [0.05, 0.1) is 23.4 Å². The van der Waals surface area contributed by atoms with Crippen LogP contribution in [0.4, 0.5) is 24.5 Å². The molecule has 1 aromatic carbocycles. The van der Waals surface area contributed by atoms with Crippen LogP contribution in [0.3, 0.4) is 0 Å². The molecule has 0 radical (unpaired) electrons. The summed E-state index contributed by atoms with van der Waals surface area (Å²) in [5.41, 5.74) is -0.369. The van der Waals surface area contributed by atoms with Crippen molar-refractivity contribution in [1.29, 1.82) is 0 Å². The van der Waals surface area contributed by atoms with E-state index < -0.39 is 42.2 Å². The molecule has 1 aliphatic heterocycles. The monoisotopic (exact) mass is 457 g/mol. The van der Waals surface area contributed by atoms with Gasteiger partial charge in [0.1, 0.15) is 6.54 Å². The number of alkyl halides is 3. The highest BCUT2D eigenvalue weighted by Gasteiger charge is 2.35. The molecule has 0 saturated carbocycles. The van der Waals surface area contributed by atoms with Crippen molar-refractivity contribution in [2.75, 3.05) is 16.8 Å². The van der Waals surface area contributed by atoms with Crippen LogP contribution in [-0.4, -0.2) is 35.0 Å². The zero-order valence-corrected chi connectivity index (χ0v) is 17.3. The third-order valence-electron chi connectivity index (χ3n) is 4.63. The van der Waals surface area contributed by atoms with Gasteiger partial charge in [-0.1, -0.05) is 11.3 Å². The molecule has 2 aromatic rings. The van der Waals surface area contributed by atoms with Crippen molar-refractivity contribution in [3.05, 3.63) is 44.5 Å². The molecule has 0 saturated heterocycles. The molecular weight excluding hydrogens is 439 g/mol. The van der Waals surface area contributed by atoms with Gasteiger partial charge in [-0.25, -0.2) is 0 Å². The summed E-state index contributed by atoms with van der Waals surface area (Å²) >= 11 is 1.00. The predicted octanol–water partition coefficient (Wildman–Crippen LogP) is 2.54. The SMILES string of the molecule is Cc1csc(=O)n1CCC(=O)OC(C)C(=O)N1CC(=O)Nc2cc(C(F)(F)F)ccc21. The van der Waals surface area contributed by atoms with Crippen molar-refractivity contribution in [1.82, 2.24) is 4.57 Å². The van der Waals surface area contributed by atoms with Crippen LogP contribution in [0.2, 0.25) is 0 Å². The average Bonchev–Trinajstić information content (AvgIpc) is 3.01. The van der Waals surface area contributed by atoms with Crippen LogP contribution in [0.5, 0.6) is 0 Å². The minimum absolute atomic E-state index is 0.0703. The zero-order valence-electron chi connectivity index (χ0n) is 16.5. The number of carbonyl (C=O) groups is 3. The van der Waals surface area contributed by atoms with Crippen molar-refractivity contribution in [2.45, 2.75) is 39.1 Å². The van der Waals surface area contributed by atoms with Gasteiger partial charge in [-0.2, -0.15) is 13.2 Å². The van der Waals surface area contributed by atoms with E-state index in [4.69, 9.17) is 4.74 Å². The Morgan fingerprint density at radius 2 is 2.00 bits per heavy atom. The van der Waals surface area contributed by atoms with Gasteiger partial charge in [0.25, 0.3) is 5.91 Å². The molecule has 1 aromatic heterocycles. The number of carbonyl (C=O) groups excluding carboxylic acids is 3. The maximum Gasteiger partial charge on any atom is 0.416 e. The quantitative estimate of drug-likeness (QED) is 0.696. The van der Waals surface area contributed by atoms with E-state index in [-0.39, 0.29) is 29.2 Å². The fraction of sp³-hybridized carbons (Fsp3) is 0.368. The van der Waals surface area contributed by atoms with Crippen molar-refractivity contribution in [2.24, 2.45) is 0 Å². The fourth-order valence-corrected chi connectivity index (χ4v) is 3.83. The Labute approximate surface area is 178 Å². The second kappa shape index (κ2) is 8.53. The van der Waals surface area contributed by atoms with Crippen LogP contribution < -0.4 is 15.1 Å². The van der Waals surface area contributed by atoms with Gasteiger partial charge in [0.2, 0.25) is 5.91 Å². The highest BCUT2D eigenvalue weighted by molar-refractivity contribution is 7.07. The maximum atomic E-state index is 12.9. The number of rotatable bonds is 5. The number of benzene rings is 1. The van der Waals surface area contributed by atoms with Crippen LogP contribution in [0.15, 0.2) is 28.4 Å². The lowest BCUT2D eigenvalue weighted by Crippen LogP contribution is -2.47. The van der Waals surface area contributed by atoms with Crippen LogP contribution in [0.25, 0.3) is 0 Å². The van der Waals surface area contributed by atoms with Crippen LogP contribution in [-0.2, 0) is 31.8 Å². The molecule has 0 bridgehead atoms. The van der Waals surface area contributed by atoms with Gasteiger partial charge in [-0.05, 0) is 32.0 Å². The smallest absolute Gasteiger partial charge is 0.416 e. The summed E-state index contributed by atoms with van der Waals surface area (Å²) in [6, 6.07) is 2.62. The number of hydrogen-bond donors (Lipinski definition) is 1. The molecule has 2 amide bonds. The summed E-state index contributed by atoms with van der Waals surface area (Å²) in [7, 11) is 0. The van der Waals surface area contributed by atoms with E-state index in [1.54, 1.807) is 12.3 Å². The number of amides is 2. The van der Waals surface area contributed by atoms with Crippen molar-refractivity contribution in [3.8, 4) is 0 Å². The molecule has 3 rings (SSSR count). The molecule has 1 aliphatic rings. The molecule has 166 valence electrons. The summed E-state index contributed by atoms with van der Waals surface area (Å²) in [6.45, 7) is 2.68. The van der Waals surface area contributed by atoms with E-state index in [1.807, 2.05) is 0 Å². The lowest BCUT2D eigenvalue weighted by atomic mass is 10.1. The minimum Gasteiger partial charge on any atom is -0.452 e. The topological polar surface area (TPSA) is 97.7 Å². The molecule has 0 fully saturated rings. The van der Waals surface area contributed by atoms with Crippen molar-refractivity contribution in [3.63, 3.8) is 0 Å². The van der Waals surface area contributed by atoms with Gasteiger partial charge >= 0.3 is 17.0 Å². The van der Waals surface area contributed by atoms with Crippen LogP contribution >= 0.6 is 11.3 Å². The highest BCUT2D eigenvalue weighted by atomic mass is 32.1. The first kappa shape index (κ1) is 22.5. The molecule has 0 aliphatic carbocycles. The first-order valence-corrected chi connectivity index (χ1v) is 10.0. The number of fused-ring (bicyclic) bond motifs is 1. The molecular formula is C19H18F3N3O5S. The Balaban J connectivity index is 1.70. The summed E-state index contributed by atoms with van der Waals surface area (Å²) in [5.74, 6) is -2.16. The first-order chi connectivity index (χ1) is 14.5. The third kappa shape index (κ3) is 4.95. The maximum absolute atomic E-state index is 12.9. The number of ether oxygens (including phenoxy) is 1. The summed E-state index contributed by atoms with van der Waals surface area (Å²) in [4.78, 5) is 49.2. The number of aryl methyl sites for hydroxylation is 1. The molecule has 1 N–H and O–H groups in total. The summed E-state index contributed by atoms with van der Waals surface area (Å²) in [5, 5.41) is 3.97.